The predicted octanol–water partition coefficient (Wildman–Crippen LogP) is 3.58. The average molecular weight is 301 g/mol. The van der Waals surface area contributed by atoms with Gasteiger partial charge in [-0.25, -0.2) is 4.79 Å². The van der Waals surface area contributed by atoms with Crippen LogP contribution in [0.4, 0.5) is 5.69 Å². The summed E-state index contributed by atoms with van der Waals surface area (Å²) < 4.78 is 4.96. The Kier molecular flexibility index (Phi) is 5.29. The average Bonchev–Trinajstić information content (AvgIpc) is 2.99. The van der Waals surface area contributed by atoms with Crippen LogP contribution in [-0.2, 0) is 9.53 Å². The number of hydrogen-bond acceptors (Lipinski definition) is 4. The molecule has 4 nitrogen and oxygen atoms in total. The van der Waals surface area contributed by atoms with Gasteiger partial charge < -0.3 is 10.1 Å². The SMILES string of the molecule is CCOC(=O)c1ccccc1NC(=O)/C=C/c1ccsc1. The fraction of sp³-hybridized carbons (Fsp3) is 0.125. The van der Waals surface area contributed by atoms with Crippen LogP contribution in [0.15, 0.2) is 47.2 Å². The van der Waals surface area contributed by atoms with Gasteiger partial charge in [-0.1, -0.05) is 12.1 Å². The first-order valence-corrected chi connectivity index (χ1v) is 7.42. The lowest BCUT2D eigenvalue weighted by molar-refractivity contribution is -0.111. The van der Waals surface area contributed by atoms with Crippen molar-refractivity contribution in [3.63, 3.8) is 0 Å². The predicted molar refractivity (Wildman–Crippen MR) is 84.4 cm³/mol. The normalized spacial score (nSPS) is 10.5. The van der Waals surface area contributed by atoms with Gasteiger partial charge in [-0.05, 0) is 47.5 Å². The Morgan fingerprint density at radius 3 is 2.81 bits per heavy atom. The van der Waals surface area contributed by atoms with Crippen LogP contribution < -0.4 is 5.32 Å². The van der Waals surface area contributed by atoms with Gasteiger partial charge in [0.15, 0.2) is 0 Å². The number of thiophene rings is 1. The molecule has 5 heteroatoms. The van der Waals surface area contributed by atoms with Gasteiger partial charge in [-0.2, -0.15) is 11.3 Å². The molecule has 0 unspecified atom stereocenters. The summed E-state index contributed by atoms with van der Waals surface area (Å²) in [6, 6.07) is 8.68. The number of carbonyl (C=O) groups excluding carboxylic acids is 2. The molecular weight excluding hydrogens is 286 g/mol. The number of carbonyl (C=O) groups is 2. The molecule has 0 fully saturated rings. The van der Waals surface area contributed by atoms with Crippen LogP contribution >= 0.6 is 11.3 Å². The second kappa shape index (κ2) is 7.40. The van der Waals surface area contributed by atoms with E-state index >= 15 is 0 Å². The zero-order valence-electron chi connectivity index (χ0n) is 11.5. The van der Waals surface area contributed by atoms with E-state index < -0.39 is 5.97 Å². The summed E-state index contributed by atoms with van der Waals surface area (Å²) in [6.45, 7) is 2.03. The van der Waals surface area contributed by atoms with Crippen molar-refractivity contribution < 1.29 is 14.3 Å². The molecule has 1 heterocycles. The van der Waals surface area contributed by atoms with Crippen molar-refractivity contribution >= 4 is 35.0 Å². The van der Waals surface area contributed by atoms with Gasteiger partial charge in [0, 0.05) is 6.08 Å². The first kappa shape index (κ1) is 15.0. The van der Waals surface area contributed by atoms with Crippen LogP contribution in [0.1, 0.15) is 22.8 Å². The molecular formula is C16H15NO3S. The number of nitrogens with one attached hydrogen (secondary N) is 1. The number of hydrogen-bond donors (Lipinski definition) is 1. The molecule has 0 atom stereocenters. The van der Waals surface area contributed by atoms with E-state index in [9.17, 15) is 9.59 Å². The highest BCUT2D eigenvalue weighted by Gasteiger charge is 2.12. The maximum Gasteiger partial charge on any atom is 0.340 e. The van der Waals surface area contributed by atoms with E-state index in [0.717, 1.165) is 5.56 Å². The van der Waals surface area contributed by atoms with Crippen LogP contribution in [-0.4, -0.2) is 18.5 Å². The number of para-hydroxylation sites is 1. The van der Waals surface area contributed by atoms with Crippen molar-refractivity contribution in [2.45, 2.75) is 6.92 Å². The zero-order chi connectivity index (χ0) is 15.1. The number of ether oxygens (including phenoxy) is 1. The largest absolute Gasteiger partial charge is 0.462 e. The summed E-state index contributed by atoms with van der Waals surface area (Å²) in [7, 11) is 0. The van der Waals surface area contributed by atoms with Gasteiger partial charge in [-0.15, -0.1) is 0 Å². The Balaban J connectivity index is 2.08. The number of amides is 1. The highest BCUT2D eigenvalue weighted by molar-refractivity contribution is 7.08. The van der Waals surface area contributed by atoms with Gasteiger partial charge in [0.1, 0.15) is 0 Å². The first-order chi connectivity index (χ1) is 10.2. The van der Waals surface area contributed by atoms with E-state index in [-0.39, 0.29) is 5.91 Å². The Morgan fingerprint density at radius 1 is 1.29 bits per heavy atom. The quantitative estimate of drug-likeness (QED) is 0.678. The summed E-state index contributed by atoms with van der Waals surface area (Å²) >= 11 is 1.56. The van der Waals surface area contributed by atoms with Crippen LogP contribution in [0.2, 0.25) is 0 Å². The molecule has 1 aromatic heterocycles. The molecule has 0 aliphatic rings. The first-order valence-electron chi connectivity index (χ1n) is 6.48. The topological polar surface area (TPSA) is 55.4 Å². The van der Waals surface area contributed by atoms with E-state index in [4.69, 9.17) is 4.74 Å². The van der Waals surface area contributed by atoms with Crippen LogP contribution in [0.25, 0.3) is 6.08 Å². The van der Waals surface area contributed by atoms with E-state index in [1.54, 1.807) is 48.6 Å². The lowest BCUT2D eigenvalue weighted by Gasteiger charge is -2.08. The minimum absolute atomic E-state index is 0.291. The lowest BCUT2D eigenvalue weighted by Crippen LogP contribution is -2.13. The van der Waals surface area contributed by atoms with Crippen molar-refractivity contribution in [1.82, 2.24) is 0 Å². The third kappa shape index (κ3) is 4.29. The van der Waals surface area contributed by atoms with Gasteiger partial charge in [0.05, 0.1) is 17.9 Å². The number of anilines is 1. The molecule has 2 rings (SSSR count). The van der Waals surface area contributed by atoms with Crippen molar-refractivity contribution in [1.29, 1.82) is 0 Å². The summed E-state index contributed by atoms with van der Waals surface area (Å²) in [5, 5.41) is 6.57. The molecule has 21 heavy (non-hydrogen) atoms. The molecule has 0 bridgehead atoms. The fourth-order valence-electron chi connectivity index (χ4n) is 1.70. The third-order valence-electron chi connectivity index (χ3n) is 2.65. The van der Waals surface area contributed by atoms with Crippen LogP contribution in [0, 0.1) is 0 Å². The smallest absolute Gasteiger partial charge is 0.340 e. The monoisotopic (exact) mass is 301 g/mol. The van der Waals surface area contributed by atoms with E-state index in [2.05, 4.69) is 5.32 Å². The standard InChI is InChI=1S/C16H15NO3S/c1-2-20-16(19)13-5-3-4-6-14(13)17-15(18)8-7-12-9-10-21-11-12/h3-11H,2H2,1H3,(H,17,18)/b8-7+. The number of esters is 1. The second-order valence-electron chi connectivity index (χ2n) is 4.15. The second-order valence-corrected chi connectivity index (χ2v) is 4.93. The fourth-order valence-corrected chi connectivity index (χ4v) is 2.32. The van der Waals surface area contributed by atoms with Crippen molar-refractivity contribution in [3.8, 4) is 0 Å². The minimum atomic E-state index is -0.449. The van der Waals surface area contributed by atoms with Gasteiger partial charge >= 0.3 is 5.97 Å². The van der Waals surface area contributed by atoms with Crippen LogP contribution in [0.5, 0.6) is 0 Å². The Labute approximate surface area is 127 Å². The van der Waals surface area contributed by atoms with Crippen molar-refractivity contribution in [2.24, 2.45) is 0 Å². The molecule has 2 aromatic rings. The molecule has 1 amide bonds. The highest BCUT2D eigenvalue weighted by atomic mass is 32.1. The summed E-state index contributed by atoms with van der Waals surface area (Å²) in [5.74, 6) is -0.742. The molecule has 0 spiro atoms. The number of benzene rings is 1. The molecule has 0 saturated carbocycles. The Bertz CT molecular complexity index is 647. The molecule has 1 aromatic carbocycles. The van der Waals surface area contributed by atoms with Crippen molar-refractivity contribution in [2.75, 3.05) is 11.9 Å². The molecule has 0 saturated heterocycles. The molecule has 0 aliphatic carbocycles. The van der Waals surface area contributed by atoms with Gasteiger partial charge in [-0.3, -0.25) is 4.79 Å². The minimum Gasteiger partial charge on any atom is -0.462 e. The summed E-state index contributed by atoms with van der Waals surface area (Å²) in [5.41, 5.74) is 1.75. The maximum atomic E-state index is 11.9. The summed E-state index contributed by atoms with van der Waals surface area (Å²) in [4.78, 5) is 23.7. The van der Waals surface area contributed by atoms with Crippen molar-refractivity contribution in [3.05, 3.63) is 58.3 Å². The van der Waals surface area contributed by atoms with E-state index in [1.807, 2.05) is 16.8 Å². The lowest BCUT2D eigenvalue weighted by atomic mass is 10.1. The third-order valence-corrected chi connectivity index (χ3v) is 3.35. The Morgan fingerprint density at radius 2 is 2.10 bits per heavy atom. The van der Waals surface area contributed by atoms with E-state index in [0.29, 0.717) is 17.9 Å². The highest BCUT2D eigenvalue weighted by Crippen LogP contribution is 2.16. The summed E-state index contributed by atoms with van der Waals surface area (Å²) in [6.07, 6.45) is 3.16. The molecule has 0 aliphatic heterocycles. The molecule has 108 valence electrons. The van der Waals surface area contributed by atoms with Gasteiger partial charge in [0.25, 0.3) is 0 Å². The number of rotatable bonds is 5. The van der Waals surface area contributed by atoms with E-state index in [1.165, 1.54) is 6.08 Å². The maximum absolute atomic E-state index is 11.9. The molecule has 0 radical (unpaired) electrons. The molecule has 1 N–H and O–H groups in total. The van der Waals surface area contributed by atoms with Gasteiger partial charge in [0.2, 0.25) is 5.91 Å². The van der Waals surface area contributed by atoms with Crippen LogP contribution in [0.3, 0.4) is 0 Å². The Hall–Kier alpha value is -2.40. The zero-order valence-corrected chi connectivity index (χ0v) is 12.4.